The Hall–Kier alpha value is -0.0500. The molecule has 8 nitrogen and oxygen atoms in total. The van der Waals surface area contributed by atoms with Gasteiger partial charge in [0.2, 0.25) is 0 Å². The van der Waals surface area contributed by atoms with E-state index in [1.165, 1.54) is 109 Å². The molecule has 3 atom stereocenters. The first-order chi connectivity index (χ1) is 17.4. The molecule has 0 saturated heterocycles. The van der Waals surface area contributed by atoms with E-state index in [-0.39, 0.29) is 6.61 Å². The highest BCUT2D eigenvalue weighted by atomic mass is 31.2. The highest BCUT2D eigenvalue weighted by molar-refractivity contribution is 7.47. The van der Waals surface area contributed by atoms with Crippen molar-refractivity contribution in [1.29, 1.82) is 0 Å². The van der Waals surface area contributed by atoms with Crippen LogP contribution in [0, 0.1) is 0 Å². The van der Waals surface area contributed by atoms with Gasteiger partial charge in [0.05, 0.1) is 26.4 Å². The first-order valence-electron chi connectivity index (χ1n) is 14.6. The standard InChI is InChI=1S/C27H57O8P/c1-2-3-4-5-6-7-8-9-10-11-12-13-14-15-16-17-18-19-20-21-33-23-27(30)25-35-36(31,32)34-24-26(29)22-28/h26-30H,2-25H2,1H3,(H,31,32). The molecule has 0 bridgehead atoms. The zero-order valence-corrected chi connectivity index (χ0v) is 23.9. The Morgan fingerprint density at radius 3 is 1.33 bits per heavy atom. The second kappa shape index (κ2) is 26.6. The van der Waals surface area contributed by atoms with Gasteiger partial charge in [-0.2, -0.15) is 0 Å². The van der Waals surface area contributed by atoms with Gasteiger partial charge in [0, 0.05) is 6.61 Å². The summed E-state index contributed by atoms with van der Waals surface area (Å²) in [4.78, 5) is 9.42. The van der Waals surface area contributed by atoms with Crippen LogP contribution < -0.4 is 0 Å². The zero-order valence-electron chi connectivity index (χ0n) is 23.0. The fourth-order valence-electron chi connectivity index (χ4n) is 4.00. The van der Waals surface area contributed by atoms with Crippen LogP contribution in [-0.2, 0) is 18.3 Å². The van der Waals surface area contributed by atoms with Gasteiger partial charge in [-0.3, -0.25) is 9.05 Å². The first-order valence-corrected chi connectivity index (χ1v) is 16.1. The van der Waals surface area contributed by atoms with Crippen molar-refractivity contribution in [2.24, 2.45) is 0 Å². The predicted molar refractivity (Wildman–Crippen MR) is 145 cm³/mol. The fourth-order valence-corrected chi connectivity index (χ4v) is 4.80. The molecule has 218 valence electrons. The minimum Gasteiger partial charge on any atom is -0.394 e. The second-order valence-corrected chi connectivity index (χ2v) is 11.4. The van der Waals surface area contributed by atoms with Crippen LogP contribution in [0.25, 0.3) is 0 Å². The van der Waals surface area contributed by atoms with Crippen molar-refractivity contribution in [3.05, 3.63) is 0 Å². The Kier molecular flexibility index (Phi) is 26.5. The average Bonchev–Trinajstić information content (AvgIpc) is 2.87. The summed E-state index contributed by atoms with van der Waals surface area (Å²) in [6.07, 6.45) is 23.0. The number of aliphatic hydroxyl groups is 3. The lowest BCUT2D eigenvalue weighted by molar-refractivity contribution is -0.00437. The molecule has 0 fully saturated rings. The molecule has 0 spiro atoms. The smallest absolute Gasteiger partial charge is 0.394 e. The maximum Gasteiger partial charge on any atom is 0.472 e. The van der Waals surface area contributed by atoms with E-state index in [9.17, 15) is 14.6 Å². The van der Waals surface area contributed by atoms with Crippen molar-refractivity contribution in [2.75, 3.05) is 33.0 Å². The SMILES string of the molecule is CCCCCCCCCCCCCCCCCCCCCOCC(O)COP(=O)(O)OCC(O)CO. The maximum atomic E-state index is 11.6. The highest BCUT2D eigenvalue weighted by Gasteiger charge is 2.24. The zero-order chi connectivity index (χ0) is 26.7. The van der Waals surface area contributed by atoms with Crippen LogP contribution in [0.1, 0.15) is 129 Å². The number of ether oxygens (including phenoxy) is 1. The van der Waals surface area contributed by atoms with E-state index < -0.39 is 39.9 Å². The molecule has 3 unspecified atom stereocenters. The summed E-state index contributed by atoms with van der Waals surface area (Å²) in [5, 5.41) is 27.5. The number of aliphatic hydroxyl groups excluding tert-OH is 3. The third kappa shape index (κ3) is 27.0. The van der Waals surface area contributed by atoms with Gasteiger partial charge in [0.25, 0.3) is 0 Å². The summed E-state index contributed by atoms with van der Waals surface area (Å²) < 4.78 is 26.1. The van der Waals surface area contributed by atoms with Gasteiger partial charge >= 0.3 is 7.82 Å². The third-order valence-corrected chi connectivity index (χ3v) is 7.22. The van der Waals surface area contributed by atoms with Gasteiger partial charge in [-0.05, 0) is 6.42 Å². The molecule has 0 radical (unpaired) electrons. The Labute approximate surface area is 220 Å². The second-order valence-electron chi connectivity index (χ2n) is 9.99. The molecule has 9 heteroatoms. The lowest BCUT2D eigenvalue weighted by Gasteiger charge is -2.16. The molecule has 0 aromatic heterocycles. The fraction of sp³-hybridized carbons (Fsp3) is 1.00. The molecular weight excluding hydrogens is 483 g/mol. The molecule has 36 heavy (non-hydrogen) atoms. The Morgan fingerprint density at radius 2 is 0.944 bits per heavy atom. The molecule has 0 aromatic rings. The predicted octanol–water partition coefficient (Wildman–Crippen LogP) is 6.28. The molecule has 0 aliphatic rings. The number of hydrogen-bond acceptors (Lipinski definition) is 7. The molecule has 0 rings (SSSR count). The number of hydrogen-bond donors (Lipinski definition) is 4. The van der Waals surface area contributed by atoms with E-state index in [2.05, 4.69) is 16.0 Å². The van der Waals surface area contributed by atoms with E-state index in [4.69, 9.17) is 14.9 Å². The summed E-state index contributed by atoms with van der Waals surface area (Å²) in [5.74, 6) is 0. The van der Waals surface area contributed by atoms with Crippen molar-refractivity contribution in [1.82, 2.24) is 0 Å². The quantitative estimate of drug-likeness (QED) is 0.0645. The van der Waals surface area contributed by atoms with Gasteiger partial charge in [0.15, 0.2) is 0 Å². The average molecular weight is 541 g/mol. The Morgan fingerprint density at radius 1 is 0.583 bits per heavy atom. The van der Waals surface area contributed by atoms with Gasteiger partial charge in [-0.1, -0.05) is 122 Å². The summed E-state index contributed by atoms with van der Waals surface area (Å²) in [7, 11) is -4.38. The topological polar surface area (TPSA) is 126 Å². The molecule has 0 aliphatic heterocycles. The number of rotatable bonds is 29. The largest absolute Gasteiger partial charge is 0.472 e. The highest BCUT2D eigenvalue weighted by Crippen LogP contribution is 2.43. The van der Waals surface area contributed by atoms with Crippen molar-refractivity contribution in [3.8, 4) is 0 Å². The van der Waals surface area contributed by atoms with Gasteiger partial charge < -0.3 is 24.9 Å². The van der Waals surface area contributed by atoms with E-state index in [1.807, 2.05) is 0 Å². The van der Waals surface area contributed by atoms with Crippen LogP contribution in [0.2, 0.25) is 0 Å². The van der Waals surface area contributed by atoms with Crippen molar-refractivity contribution in [2.45, 2.75) is 141 Å². The number of phosphoric ester groups is 1. The minimum atomic E-state index is -4.38. The lowest BCUT2D eigenvalue weighted by atomic mass is 10.0. The van der Waals surface area contributed by atoms with Crippen LogP contribution >= 0.6 is 7.82 Å². The molecule has 0 amide bonds. The Balaban J connectivity index is 3.29. The monoisotopic (exact) mass is 540 g/mol. The minimum absolute atomic E-state index is 0.0122. The number of unbranched alkanes of at least 4 members (excludes halogenated alkanes) is 18. The van der Waals surface area contributed by atoms with E-state index in [0.717, 1.165) is 12.8 Å². The van der Waals surface area contributed by atoms with Crippen molar-refractivity contribution >= 4 is 7.82 Å². The summed E-state index contributed by atoms with van der Waals surface area (Å²) in [6, 6.07) is 0. The van der Waals surface area contributed by atoms with Crippen molar-refractivity contribution in [3.63, 3.8) is 0 Å². The normalized spacial score (nSPS) is 15.1. The molecule has 4 N–H and O–H groups in total. The Bertz CT molecular complexity index is 494. The van der Waals surface area contributed by atoms with Gasteiger partial charge in [-0.15, -0.1) is 0 Å². The third-order valence-electron chi connectivity index (χ3n) is 6.27. The molecule has 0 heterocycles. The molecule has 0 aromatic carbocycles. The molecule has 0 saturated carbocycles. The van der Waals surface area contributed by atoms with Crippen LogP contribution in [0.3, 0.4) is 0 Å². The van der Waals surface area contributed by atoms with E-state index >= 15 is 0 Å². The van der Waals surface area contributed by atoms with Crippen LogP contribution in [0.15, 0.2) is 0 Å². The molecule has 0 aliphatic carbocycles. The summed E-state index contributed by atoms with van der Waals surface area (Å²) in [6.45, 7) is 1.28. The summed E-state index contributed by atoms with van der Waals surface area (Å²) >= 11 is 0. The van der Waals surface area contributed by atoms with Gasteiger partial charge in [-0.25, -0.2) is 4.57 Å². The van der Waals surface area contributed by atoms with Gasteiger partial charge in [0.1, 0.15) is 12.2 Å². The summed E-state index contributed by atoms with van der Waals surface area (Å²) in [5.41, 5.74) is 0. The van der Waals surface area contributed by atoms with Crippen LogP contribution in [0.4, 0.5) is 0 Å². The molecular formula is C27H57O8P. The van der Waals surface area contributed by atoms with E-state index in [0.29, 0.717) is 6.61 Å². The maximum absolute atomic E-state index is 11.6. The van der Waals surface area contributed by atoms with E-state index in [1.54, 1.807) is 0 Å². The van der Waals surface area contributed by atoms with Crippen LogP contribution in [-0.4, -0.2) is 65.5 Å². The lowest BCUT2D eigenvalue weighted by Crippen LogP contribution is -2.23. The number of phosphoric acid groups is 1. The van der Waals surface area contributed by atoms with Crippen LogP contribution in [0.5, 0.6) is 0 Å². The van der Waals surface area contributed by atoms with Crippen molar-refractivity contribution < 1.29 is 38.6 Å². The first kappa shape index (κ1) is 35.9.